The van der Waals surface area contributed by atoms with Gasteiger partial charge in [0.15, 0.2) is 5.82 Å². The summed E-state index contributed by atoms with van der Waals surface area (Å²) in [4.78, 5) is 24.8. The largest absolute Gasteiger partial charge is 0.481 e. The summed E-state index contributed by atoms with van der Waals surface area (Å²) in [7, 11) is 1.53. The minimum absolute atomic E-state index is 0.250. The van der Waals surface area contributed by atoms with E-state index in [0.717, 1.165) is 5.69 Å². The molecular formula is C20H17N7O2. The van der Waals surface area contributed by atoms with Crippen LogP contribution in [0.25, 0.3) is 5.82 Å². The second kappa shape index (κ2) is 8.17. The van der Waals surface area contributed by atoms with Crippen molar-refractivity contribution in [1.29, 1.82) is 0 Å². The van der Waals surface area contributed by atoms with Gasteiger partial charge in [-0.05, 0) is 36.4 Å². The van der Waals surface area contributed by atoms with E-state index in [-0.39, 0.29) is 5.91 Å². The molecule has 0 aliphatic heterocycles. The lowest BCUT2D eigenvalue weighted by Crippen LogP contribution is -2.12. The number of ether oxygens (including phenoxy) is 1. The van der Waals surface area contributed by atoms with Crippen LogP contribution in [0.4, 0.5) is 17.2 Å². The molecule has 0 aliphatic rings. The van der Waals surface area contributed by atoms with Gasteiger partial charge in [-0.25, -0.2) is 19.6 Å². The first kappa shape index (κ1) is 18.1. The van der Waals surface area contributed by atoms with Crippen molar-refractivity contribution < 1.29 is 9.53 Å². The Balaban J connectivity index is 1.41. The second-order valence-corrected chi connectivity index (χ2v) is 5.96. The van der Waals surface area contributed by atoms with E-state index in [1.165, 1.54) is 19.6 Å². The maximum atomic E-state index is 12.3. The van der Waals surface area contributed by atoms with E-state index < -0.39 is 0 Å². The SMILES string of the molecule is COc1ccc(C(=O)Nc2ccc(Nc3cc(-n4cccn4)ncn3)cc2)cn1. The third-order valence-electron chi connectivity index (χ3n) is 4.01. The molecule has 4 aromatic rings. The molecule has 9 heteroatoms. The van der Waals surface area contributed by atoms with E-state index in [2.05, 4.69) is 30.7 Å². The second-order valence-electron chi connectivity index (χ2n) is 5.96. The van der Waals surface area contributed by atoms with Gasteiger partial charge in [-0.3, -0.25) is 4.79 Å². The fourth-order valence-electron chi connectivity index (χ4n) is 2.57. The van der Waals surface area contributed by atoms with Gasteiger partial charge in [0.05, 0.1) is 12.7 Å². The molecule has 1 amide bonds. The minimum atomic E-state index is -0.250. The lowest BCUT2D eigenvalue weighted by molar-refractivity contribution is 0.102. The van der Waals surface area contributed by atoms with Gasteiger partial charge in [-0.1, -0.05) is 0 Å². The predicted molar refractivity (Wildman–Crippen MR) is 108 cm³/mol. The molecule has 0 saturated heterocycles. The van der Waals surface area contributed by atoms with Crippen LogP contribution < -0.4 is 15.4 Å². The van der Waals surface area contributed by atoms with Crippen molar-refractivity contribution in [2.45, 2.75) is 0 Å². The Morgan fingerprint density at radius 3 is 2.55 bits per heavy atom. The van der Waals surface area contributed by atoms with Crippen LogP contribution in [0, 0.1) is 0 Å². The highest BCUT2D eigenvalue weighted by Gasteiger charge is 2.07. The van der Waals surface area contributed by atoms with Crippen molar-refractivity contribution in [3.8, 4) is 11.7 Å². The number of carbonyl (C=O) groups is 1. The van der Waals surface area contributed by atoms with Crippen molar-refractivity contribution in [1.82, 2.24) is 24.7 Å². The number of hydrogen-bond acceptors (Lipinski definition) is 7. The molecule has 144 valence electrons. The first-order valence-electron chi connectivity index (χ1n) is 8.72. The molecule has 0 saturated carbocycles. The first-order valence-corrected chi connectivity index (χ1v) is 8.72. The zero-order valence-corrected chi connectivity index (χ0v) is 15.5. The number of pyridine rings is 1. The lowest BCUT2D eigenvalue weighted by Gasteiger charge is -2.09. The van der Waals surface area contributed by atoms with Gasteiger partial charge in [-0.2, -0.15) is 5.10 Å². The first-order chi connectivity index (χ1) is 14.2. The van der Waals surface area contributed by atoms with Crippen LogP contribution in [0.1, 0.15) is 10.4 Å². The quantitative estimate of drug-likeness (QED) is 0.523. The third kappa shape index (κ3) is 4.35. The highest BCUT2D eigenvalue weighted by Crippen LogP contribution is 2.19. The number of rotatable bonds is 6. The molecule has 0 aliphatic carbocycles. The molecule has 0 spiro atoms. The highest BCUT2D eigenvalue weighted by atomic mass is 16.5. The number of benzene rings is 1. The van der Waals surface area contributed by atoms with Crippen molar-refractivity contribution in [3.63, 3.8) is 0 Å². The molecular weight excluding hydrogens is 370 g/mol. The number of anilines is 3. The third-order valence-corrected chi connectivity index (χ3v) is 4.01. The smallest absolute Gasteiger partial charge is 0.257 e. The molecule has 0 fully saturated rings. The van der Waals surface area contributed by atoms with E-state index >= 15 is 0 Å². The summed E-state index contributed by atoms with van der Waals surface area (Å²) < 4.78 is 6.65. The van der Waals surface area contributed by atoms with Gasteiger partial charge in [0.25, 0.3) is 5.91 Å². The zero-order valence-electron chi connectivity index (χ0n) is 15.5. The number of methoxy groups -OCH3 is 1. The molecule has 29 heavy (non-hydrogen) atoms. The molecule has 0 radical (unpaired) electrons. The fraction of sp³-hybridized carbons (Fsp3) is 0.0500. The fourth-order valence-corrected chi connectivity index (χ4v) is 2.57. The normalized spacial score (nSPS) is 10.4. The highest BCUT2D eigenvalue weighted by molar-refractivity contribution is 6.04. The van der Waals surface area contributed by atoms with Crippen molar-refractivity contribution in [3.05, 3.63) is 79.0 Å². The van der Waals surface area contributed by atoms with E-state index in [9.17, 15) is 4.79 Å². The lowest BCUT2D eigenvalue weighted by atomic mass is 10.2. The zero-order chi connectivity index (χ0) is 20.1. The summed E-state index contributed by atoms with van der Waals surface area (Å²) in [6.07, 6.45) is 6.43. The summed E-state index contributed by atoms with van der Waals surface area (Å²) in [5.74, 6) is 1.49. The average Bonchev–Trinajstić information content (AvgIpc) is 3.30. The average molecular weight is 387 g/mol. The van der Waals surface area contributed by atoms with E-state index in [0.29, 0.717) is 28.8 Å². The molecule has 1 aromatic carbocycles. The van der Waals surface area contributed by atoms with Crippen LogP contribution in [0.2, 0.25) is 0 Å². The molecule has 9 nitrogen and oxygen atoms in total. The Morgan fingerprint density at radius 1 is 1.03 bits per heavy atom. The number of carbonyl (C=O) groups excluding carboxylic acids is 1. The van der Waals surface area contributed by atoms with E-state index in [1.54, 1.807) is 41.2 Å². The van der Waals surface area contributed by atoms with E-state index in [4.69, 9.17) is 4.74 Å². The Morgan fingerprint density at radius 2 is 1.86 bits per heavy atom. The van der Waals surface area contributed by atoms with Gasteiger partial charge in [0.2, 0.25) is 5.88 Å². The minimum Gasteiger partial charge on any atom is -0.481 e. The molecule has 4 rings (SSSR count). The number of nitrogens with zero attached hydrogens (tertiary/aromatic N) is 5. The van der Waals surface area contributed by atoms with E-state index in [1.807, 2.05) is 24.4 Å². The molecule has 0 bridgehead atoms. The van der Waals surface area contributed by atoms with Gasteiger partial charge in [0, 0.05) is 42.1 Å². The summed E-state index contributed by atoms with van der Waals surface area (Å²) in [6.45, 7) is 0. The van der Waals surface area contributed by atoms with Crippen LogP contribution in [-0.4, -0.2) is 37.7 Å². The number of aromatic nitrogens is 5. The van der Waals surface area contributed by atoms with Gasteiger partial charge < -0.3 is 15.4 Å². The standard InChI is InChI=1S/C20H17N7O2/c1-29-19-8-3-14(12-21-19)20(28)26-16-6-4-15(5-7-16)25-17-11-18(23-13-22-17)27-10-2-9-24-27/h2-13H,1H3,(H,26,28)(H,22,23,25). The molecule has 0 unspecified atom stereocenters. The predicted octanol–water partition coefficient (Wildman–Crippen LogP) is 3.06. The van der Waals surface area contributed by atoms with Crippen LogP contribution in [0.3, 0.4) is 0 Å². The van der Waals surface area contributed by atoms with Gasteiger partial charge >= 0.3 is 0 Å². The van der Waals surface area contributed by atoms with Crippen molar-refractivity contribution >= 4 is 23.1 Å². The summed E-state index contributed by atoms with van der Waals surface area (Å²) >= 11 is 0. The summed E-state index contributed by atoms with van der Waals surface area (Å²) in [5.41, 5.74) is 1.93. The Bertz CT molecular complexity index is 1090. The summed E-state index contributed by atoms with van der Waals surface area (Å²) in [5, 5.41) is 10.2. The maximum Gasteiger partial charge on any atom is 0.257 e. The Kier molecular flexibility index (Phi) is 5.10. The Labute approximate surface area is 166 Å². The van der Waals surface area contributed by atoms with Crippen molar-refractivity contribution in [2.24, 2.45) is 0 Å². The number of hydrogen-bond donors (Lipinski definition) is 2. The molecule has 0 atom stereocenters. The number of amides is 1. The van der Waals surface area contributed by atoms with Crippen LogP contribution in [0.5, 0.6) is 5.88 Å². The number of nitrogens with one attached hydrogen (secondary N) is 2. The van der Waals surface area contributed by atoms with Crippen LogP contribution >= 0.6 is 0 Å². The van der Waals surface area contributed by atoms with Crippen LogP contribution in [0.15, 0.2) is 73.4 Å². The topological polar surface area (TPSA) is 107 Å². The molecule has 3 heterocycles. The Hall–Kier alpha value is -4.27. The van der Waals surface area contributed by atoms with Gasteiger partial charge in [-0.15, -0.1) is 0 Å². The summed E-state index contributed by atoms with van der Waals surface area (Å²) in [6, 6.07) is 14.2. The monoisotopic (exact) mass is 387 g/mol. The maximum absolute atomic E-state index is 12.3. The molecule has 2 N–H and O–H groups in total. The van der Waals surface area contributed by atoms with Crippen molar-refractivity contribution in [2.75, 3.05) is 17.7 Å². The van der Waals surface area contributed by atoms with Crippen LogP contribution in [-0.2, 0) is 0 Å². The van der Waals surface area contributed by atoms with Gasteiger partial charge in [0.1, 0.15) is 12.1 Å². The molecule has 3 aromatic heterocycles.